The lowest BCUT2D eigenvalue weighted by Gasteiger charge is -2.20. The maximum atomic E-state index is 12.4. The highest BCUT2D eigenvalue weighted by Gasteiger charge is 2.25. The number of rotatable bonds is 7. The minimum absolute atomic E-state index is 0.0410. The Balaban J connectivity index is 3.07. The van der Waals surface area contributed by atoms with Crippen LogP contribution in [0.15, 0.2) is 27.8 Å². The first-order valence-corrected chi connectivity index (χ1v) is 8.00. The average molecular weight is 350 g/mol. The highest BCUT2D eigenvalue weighted by atomic mass is 79.9. The number of nitrogens with two attached hydrogens (primary N) is 1. The Morgan fingerprint density at radius 3 is 2.68 bits per heavy atom. The minimum Gasteiger partial charge on any atom is -0.369 e. The van der Waals surface area contributed by atoms with Crippen LogP contribution in [-0.4, -0.2) is 36.7 Å². The van der Waals surface area contributed by atoms with Gasteiger partial charge in [0.2, 0.25) is 15.9 Å². The van der Waals surface area contributed by atoms with E-state index in [1.54, 1.807) is 0 Å². The van der Waals surface area contributed by atoms with Gasteiger partial charge in [-0.25, -0.2) is 8.42 Å². The maximum Gasteiger partial charge on any atom is 0.245 e. The largest absolute Gasteiger partial charge is 0.369 e. The van der Waals surface area contributed by atoms with E-state index >= 15 is 0 Å². The molecule has 0 aliphatic rings. The Kier molecular flexibility index (Phi) is 5.89. The van der Waals surface area contributed by atoms with E-state index in [4.69, 9.17) is 5.73 Å². The van der Waals surface area contributed by atoms with Gasteiger partial charge in [0.1, 0.15) is 4.90 Å². The number of pyridine rings is 1. The van der Waals surface area contributed by atoms with Crippen molar-refractivity contribution in [3.63, 3.8) is 0 Å². The fourth-order valence-corrected chi connectivity index (χ4v) is 3.43. The Bertz CT molecular complexity index is 548. The van der Waals surface area contributed by atoms with Crippen molar-refractivity contribution in [2.75, 3.05) is 13.1 Å². The molecule has 0 radical (unpaired) electrons. The van der Waals surface area contributed by atoms with Gasteiger partial charge in [-0.2, -0.15) is 4.31 Å². The summed E-state index contributed by atoms with van der Waals surface area (Å²) in [6.45, 7) is 1.87. The molecule has 0 aliphatic carbocycles. The van der Waals surface area contributed by atoms with E-state index in [2.05, 4.69) is 20.9 Å². The fraction of sp³-hybridized carbons (Fsp3) is 0.455. The molecule has 0 aromatic carbocycles. The van der Waals surface area contributed by atoms with Gasteiger partial charge in [0.15, 0.2) is 0 Å². The Labute approximate surface area is 121 Å². The summed E-state index contributed by atoms with van der Waals surface area (Å²) in [4.78, 5) is 14.9. The monoisotopic (exact) mass is 349 g/mol. The van der Waals surface area contributed by atoms with E-state index in [1.807, 2.05) is 6.92 Å². The van der Waals surface area contributed by atoms with Gasteiger partial charge in [0, 0.05) is 23.4 Å². The zero-order valence-corrected chi connectivity index (χ0v) is 12.9. The molecule has 0 bridgehead atoms. The molecular weight excluding hydrogens is 334 g/mol. The number of aromatic nitrogens is 1. The lowest BCUT2D eigenvalue weighted by molar-refractivity contribution is -0.118. The van der Waals surface area contributed by atoms with Crippen molar-refractivity contribution >= 4 is 31.9 Å². The number of hydrogen-bond donors (Lipinski definition) is 1. The van der Waals surface area contributed by atoms with Crippen molar-refractivity contribution in [3.8, 4) is 0 Å². The Morgan fingerprint density at radius 1 is 1.47 bits per heavy atom. The highest BCUT2D eigenvalue weighted by molar-refractivity contribution is 9.10. The zero-order chi connectivity index (χ0) is 14.5. The van der Waals surface area contributed by atoms with Crippen molar-refractivity contribution < 1.29 is 13.2 Å². The lowest BCUT2D eigenvalue weighted by atomic mass is 10.3. The third-order valence-electron chi connectivity index (χ3n) is 2.41. The van der Waals surface area contributed by atoms with Crippen LogP contribution >= 0.6 is 15.9 Å². The highest BCUT2D eigenvalue weighted by Crippen LogP contribution is 2.19. The minimum atomic E-state index is -3.75. The van der Waals surface area contributed by atoms with Crippen LogP contribution in [0.25, 0.3) is 0 Å². The first-order chi connectivity index (χ1) is 8.87. The van der Waals surface area contributed by atoms with E-state index in [1.165, 1.54) is 18.5 Å². The predicted octanol–water partition coefficient (Wildman–Crippen LogP) is 1.12. The number of carbonyl (C=O) groups excluding carboxylic acids is 1. The van der Waals surface area contributed by atoms with Gasteiger partial charge >= 0.3 is 0 Å². The van der Waals surface area contributed by atoms with Gasteiger partial charge in [0.25, 0.3) is 0 Å². The molecule has 0 saturated heterocycles. The van der Waals surface area contributed by atoms with Crippen molar-refractivity contribution in [3.05, 3.63) is 22.9 Å². The molecule has 0 aliphatic heterocycles. The van der Waals surface area contributed by atoms with E-state index in [0.717, 1.165) is 10.7 Å². The van der Waals surface area contributed by atoms with Crippen LogP contribution in [0.5, 0.6) is 0 Å². The third-order valence-corrected chi connectivity index (χ3v) is 4.65. The molecule has 1 amide bonds. The van der Waals surface area contributed by atoms with Crippen LogP contribution in [-0.2, 0) is 14.8 Å². The van der Waals surface area contributed by atoms with Crippen molar-refractivity contribution in [2.24, 2.45) is 5.73 Å². The van der Waals surface area contributed by atoms with Gasteiger partial charge in [-0.3, -0.25) is 9.78 Å². The summed E-state index contributed by atoms with van der Waals surface area (Å²) in [5.74, 6) is -0.678. The molecule has 1 aromatic heterocycles. The molecule has 0 saturated carbocycles. The van der Waals surface area contributed by atoms with Crippen LogP contribution in [0.3, 0.4) is 0 Å². The van der Waals surface area contributed by atoms with Crippen LogP contribution in [0.2, 0.25) is 0 Å². The van der Waals surface area contributed by atoms with Crippen LogP contribution in [0.4, 0.5) is 0 Å². The van der Waals surface area contributed by atoms with Gasteiger partial charge in [-0.05, 0) is 28.4 Å². The SMILES string of the molecule is CCCCN(CC(N)=O)S(=O)(=O)c1cncc(Br)c1. The Hall–Kier alpha value is -0.990. The molecule has 8 heteroatoms. The number of hydrogen-bond acceptors (Lipinski definition) is 4. The average Bonchev–Trinajstić information content (AvgIpc) is 2.34. The molecule has 6 nitrogen and oxygen atoms in total. The first kappa shape index (κ1) is 16.1. The molecule has 2 N–H and O–H groups in total. The van der Waals surface area contributed by atoms with E-state index < -0.39 is 15.9 Å². The van der Waals surface area contributed by atoms with Crippen LogP contribution in [0, 0.1) is 0 Å². The molecule has 0 unspecified atom stereocenters. The molecule has 0 atom stereocenters. The van der Waals surface area contributed by atoms with Gasteiger partial charge in [0.05, 0.1) is 6.54 Å². The summed E-state index contributed by atoms with van der Waals surface area (Å²) in [5, 5.41) is 0. The fourth-order valence-electron chi connectivity index (χ4n) is 1.48. The normalized spacial score (nSPS) is 11.7. The second kappa shape index (κ2) is 6.97. The summed E-state index contributed by atoms with van der Waals surface area (Å²) in [6, 6.07) is 1.45. The molecule has 1 rings (SSSR count). The Morgan fingerprint density at radius 2 is 2.16 bits per heavy atom. The smallest absolute Gasteiger partial charge is 0.245 e. The molecular formula is C11H16BrN3O3S. The van der Waals surface area contributed by atoms with E-state index in [0.29, 0.717) is 10.9 Å². The van der Waals surface area contributed by atoms with Crippen LogP contribution in [0.1, 0.15) is 19.8 Å². The summed E-state index contributed by atoms with van der Waals surface area (Å²) in [6.07, 6.45) is 4.22. The predicted molar refractivity (Wildman–Crippen MR) is 74.8 cm³/mol. The second-order valence-electron chi connectivity index (χ2n) is 4.00. The third kappa shape index (κ3) is 4.55. The van der Waals surface area contributed by atoms with Gasteiger partial charge < -0.3 is 5.73 Å². The number of primary amides is 1. The number of sulfonamides is 1. The van der Waals surface area contributed by atoms with E-state index in [-0.39, 0.29) is 18.0 Å². The van der Waals surface area contributed by atoms with Gasteiger partial charge in [-0.15, -0.1) is 0 Å². The van der Waals surface area contributed by atoms with Crippen molar-refractivity contribution in [1.82, 2.24) is 9.29 Å². The molecule has 0 spiro atoms. The zero-order valence-electron chi connectivity index (χ0n) is 10.5. The second-order valence-corrected chi connectivity index (χ2v) is 6.85. The number of nitrogens with zero attached hydrogens (tertiary/aromatic N) is 2. The number of halogens is 1. The quantitative estimate of drug-likeness (QED) is 0.797. The number of unbranched alkanes of at least 4 members (excludes halogenated alkanes) is 1. The van der Waals surface area contributed by atoms with E-state index in [9.17, 15) is 13.2 Å². The molecule has 106 valence electrons. The number of amides is 1. The molecule has 19 heavy (non-hydrogen) atoms. The number of carbonyl (C=O) groups is 1. The maximum absolute atomic E-state index is 12.4. The summed E-state index contributed by atoms with van der Waals surface area (Å²) >= 11 is 3.17. The molecule has 1 aromatic rings. The summed E-state index contributed by atoms with van der Waals surface area (Å²) < 4.78 is 26.4. The van der Waals surface area contributed by atoms with Crippen molar-refractivity contribution in [2.45, 2.75) is 24.7 Å². The first-order valence-electron chi connectivity index (χ1n) is 5.77. The summed E-state index contributed by atoms with van der Waals surface area (Å²) in [7, 11) is -3.75. The van der Waals surface area contributed by atoms with Gasteiger partial charge in [-0.1, -0.05) is 13.3 Å². The summed E-state index contributed by atoms with van der Waals surface area (Å²) in [5.41, 5.74) is 5.10. The topological polar surface area (TPSA) is 93.4 Å². The molecule has 0 fully saturated rings. The standard InChI is InChI=1S/C11H16BrN3O3S/c1-2-3-4-15(8-11(13)16)19(17,18)10-5-9(12)6-14-7-10/h5-7H,2-4,8H2,1H3,(H2,13,16). The lowest BCUT2D eigenvalue weighted by Crippen LogP contribution is -2.39. The van der Waals surface area contributed by atoms with Crippen LogP contribution < -0.4 is 5.73 Å². The molecule has 1 heterocycles. The van der Waals surface area contributed by atoms with Crippen molar-refractivity contribution in [1.29, 1.82) is 0 Å².